The van der Waals surface area contributed by atoms with Crippen molar-refractivity contribution in [1.82, 2.24) is 5.32 Å². The Morgan fingerprint density at radius 2 is 1.94 bits per heavy atom. The number of rotatable bonds is 6. The monoisotopic (exact) mass is 249 g/mol. The second kappa shape index (κ2) is 4.23. The molecule has 0 spiro atoms. The van der Waals surface area contributed by atoms with E-state index in [9.17, 15) is 0 Å². The van der Waals surface area contributed by atoms with Crippen LogP contribution in [0.4, 0.5) is 0 Å². The van der Waals surface area contributed by atoms with Crippen LogP contribution in [0, 0.1) is 40.9 Å². The highest BCUT2D eigenvalue weighted by Crippen LogP contribution is 2.71. The zero-order valence-corrected chi connectivity index (χ0v) is 12.9. The number of hydrogen-bond acceptors (Lipinski definition) is 1. The van der Waals surface area contributed by atoms with Crippen LogP contribution in [0.1, 0.15) is 53.9 Å². The largest absolute Gasteiger partial charge is 0.315 e. The lowest BCUT2D eigenvalue weighted by molar-refractivity contribution is 0.442. The van der Waals surface area contributed by atoms with Gasteiger partial charge in [-0.15, -0.1) is 0 Å². The van der Waals surface area contributed by atoms with Gasteiger partial charge in [0.15, 0.2) is 0 Å². The minimum atomic E-state index is 0.699. The molecule has 1 nitrogen and oxygen atoms in total. The molecule has 0 radical (unpaired) electrons. The van der Waals surface area contributed by atoms with Crippen molar-refractivity contribution in [2.24, 2.45) is 40.9 Å². The molecular weight excluding hydrogens is 218 g/mol. The molecule has 0 saturated heterocycles. The van der Waals surface area contributed by atoms with Gasteiger partial charge < -0.3 is 5.32 Å². The topological polar surface area (TPSA) is 12.0 Å². The zero-order chi connectivity index (χ0) is 13.1. The fraction of sp³-hybridized carbons (Fsp3) is 1.00. The Kier molecular flexibility index (Phi) is 3.05. The summed E-state index contributed by atoms with van der Waals surface area (Å²) in [6.45, 7) is 13.1. The average Bonchev–Trinajstić information content (AvgIpc) is 3.16. The van der Waals surface area contributed by atoms with Crippen LogP contribution >= 0.6 is 0 Å². The van der Waals surface area contributed by atoms with E-state index in [0.717, 1.165) is 48.1 Å². The fourth-order valence-electron chi connectivity index (χ4n) is 4.88. The summed E-state index contributed by atoms with van der Waals surface area (Å²) in [5.41, 5.74) is 0.699. The third-order valence-corrected chi connectivity index (χ3v) is 6.31. The Bertz CT molecular complexity index is 322. The molecule has 3 aliphatic carbocycles. The molecule has 3 saturated carbocycles. The summed E-state index contributed by atoms with van der Waals surface area (Å²) in [5, 5.41) is 3.58. The smallest absolute Gasteiger partial charge is 0.00414 e. The predicted octanol–water partition coefficient (Wildman–Crippen LogP) is 3.94. The van der Waals surface area contributed by atoms with Gasteiger partial charge in [-0.05, 0) is 73.7 Å². The van der Waals surface area contributed by atoms with Crippen LogP contribution in [0.2, 0.25) is 0 Å². The van der Waals surface area contributed by atoms with Crippen LogP contribution in [0.5, 0.6) is 0 Å². The molecule has 7 atom stereocenters. The minimum absolute atomic E-state index is 0.699. The second-order valence-electron chi connectivity index (χ2n) is 8.16. The molecule has 1 N–H and O–H groups in total. The van der Waals surface area contributed by atoms with Gasteiger partial charge in [0.25, 0.3) is 0 Å². The van der Waals surface area contributed by atoms with E-state index in [1.54, 1.807) is 6.42 Å². The summed E-state index contributed by atoms with van der Waals surface area (Å²) in [4.78, 5) is 0. The van der Waals surface area contributed by atoms with E-state index in [1.165, 1.54) is 12.8 Å². The molecule has 0 aromatic heterocycles. The van der Waals surface area contributed by atoms with Gasteiger partial charge in [0.1, 0.15) is 0 Å². The summed E-state index contributed by atoms with van der Waals surface area (Å²) in [7, 11) is 0. The first kappa shape index (κ1) is 13.0. The maximum absolute atomic E-state index is 3.58. The average molecular weight is 249 g/mol. The van der Waals surface area contributed by atoms with Gasteiger partial charge in [-0.2, -0.15) is 0 Å². The highest BCUT2D eigenvalue weighted by atomic mass is 14.9. The van der Waals surface area contributed by atoms with Crippen LogP contribution in [-0.2, 0) is 0 Å². The van der Waals surface area contributed by atoms with E-state index < -0.39 is 0 Å². The van der Waals surface area contributed by atoms with Gasteiger partial charge >= 0.3 is 0 Å². The standard InChI is InChI=1S/C17H31N/c1-6-18-10(2)7-12-11(3)16(12)14-8-13(14)15-9-17(15,4)5/h10-16,18H,6-9H2,1-5H3. The first-order valence-electron chi connectivity index (χ1n) is 8.19. The third kappa shape index (κ3) is 2.24. The van der Waals surface area contributed by atoms with E-state index in [4.69, 9.17) is 0 Å². The van der Waals surface area contributed by atoms with Gasteiger partial charge in [-0.25, -0.2) is 0 Å². The Labute approximate surface area is 113 Å². The number of nitrogens with one attached hydrogen (secondary N) is 1. The quantitative estimate of drug-likeness (QED) is 0.752. The van der Waals surface area contributed by atoms with Crippen LogP contribution in [0.25, 0.3) is 0 Å². The SMILES string of the molecule is CCNC(C)CC1C(C)C1C1CC1C1CC1(C)C. The minimum Gasteiger partial charge on any atom is -0.315 e. The van der Waals surface area contributed by atoms with Crippen LogP contribution in [0.3, 0.4) is 0 Å². The molecule has 0 amide bonds. The lowest BCUT2D eigenvalue weighted by Crippen LogP contribution is -2.26. The van der Waals surface area contributed by atoms with Crippen molar-refractivity contribution in [2.75, 3.05) is 6.54 Å². The van der Waals surface area contributed by atoms with Gasteiger partial charge in [-0.3, -0.25) is 0 Å². The van der Waals surface area contributed by atoms with Crippen LogP contribution < -0.4 is 5.32 Å². The van der Waals surface area contributed by atoms with Crippen LogP contribution in [0.15, 0.2) is 0 Å². The Morgan fingerprint density at radius 1 is 1.28 bits per heavy atom. The van der Waals surface area contributed by atoms with Crippen molar-refractivity contribution in [2.45, 2.75) is 59.9 Å². The molecule has 0 heterocycles. The lowest BCUT2D eigenvalue weighted by atomic mass is 10.0. The van der Waals surface area contributed by atoms with Crippen molar-refractivity contribution in [3.8, 4) is 0 Å². The van der Waals surface area contributed by atoms with Crippen molar-refractivity contribution in [1.29, 1.82) is 0 Å². The predicted molar refractivity (Wildman–Crippen MR) is 77.4 cm³/mol. The zero-order valence-electron chi connectivity index (χ0n) is 12.9. The van der Waals surface area contributed by atoms with Gasteiger partial charge in [-0.1, -0.05) is 27.7 Å². The second-order valence-corrected chi connectivity index (χ2v) is 8.16. The van der Waals surface area contributed by atoms with Gasteiger partial charge in [0.05, 0.1) is 0 Å². The highest BCUT2D eigenvalue weighted by Gasteiger charge is 2.65. The molecule has 3 aliphatic rings. The summed E-state index contributed by atoms with van der Waals surface area (Å²) in [6.07, 6.45) is 4.49. The Morgan fingerprint density at radius 3 is 2.50 bits per heavy atom. The molecule has 104 valence electrons. The Hall–Kier alpha value is -0.0400. The number of hydrogen-bond donors (Lipinski definition) is 1. The molecule has 7 unspecified atom stereocenters. The van der Waals surface area contributed by atoms with Crippen LogP contribution in [-0.4, -0.2) is 12.6 Å². The molecule has 0 aliphatic heterocycles. The summed E-state index contributed by atoms with van der Waals surface area (Å²) in [6, 6.07) is 0.724. The first-order valence-corrected chi connectivity index (χ1v) is 8.19. The van der Waals surface area contributed by atoms with E-state index in [1.807, 2.05) is 0 Å². The molecule has 3 rings (SSSR count). The maximum atomic E-state index is 3.58. The van der Waals surface area contributed by atoms with Crippen molar-refractivity contribution in [3.05, 3.63) is 0 Å². The van der Waals surface area contributed by atoms with Gasteiger partial charge in [0, 0.05) is 6.04 Å². The highest BCUT2D eigenvalue weighted by molar-refractivity contribution is 5.13. The summed E-state index contributed by atoms with van der Waals surface area (Å²) >= 11 is 0. The first-order chi connectivity index (χ1) is 8.45. The molecule has 1 heteroatoms. The maximum Gasteiger partial charge on any atom is 0.00414 e. The Balaban J connectivity index is 1.46. The molecule has 3 fully saturated rings. The summed E-state index contributed by atoms with van der Waals surface area (Å²) in [5.74, 6) is 6.46. The lowest BCUT2D eigenvalue weighted by Gasteiger charge is -2.11. The van der Waals surface area contributed by atoms with E-state index in [2.05, 4.69) is 39.9 Å². The fourth-order valence-corrected chi connectivity index (χ4v) is 4.88. The molecule has 0 aromatic carbocycles. The van der Waals surface area contributed by atoms with Gasteiger partial charge in [0.2, 0.25) is 0 Å². The van der Waals surface area contributed by atoms with Crippen molar-refractivity contribution in [3.63, 3.8) is 0 Å². The van der Waals surface area contributed by atoms with E-state index >= 15 is 0 Å². The molecule has 0 aromatic rings. The summed E-state index contributed by atoms with van der Waals surface area (Å²) < 4.78 is 0. The van der Waals surface area contributed by atoms with Crippen molar-refractivity contribution < 1.29 is 0 Å². The van der Waals surface area contributed by atoms with E-state index in [-0.39, 0.29) is 0 Å². The molecule has 18 heavy (non-hydrogen) atoms. The normalized spacial score (nSPS) is 49.8. The van der Waals surface area contributed by atoms with E-state index in [0.29, 0.717) is 5.41 Å². The molecular formula is C17H31N. The third-order valence-electron chi connectivity index (χ3n) is 6.31. The molecule has 0 bridgehead atoms. The van der Waals surface area contributed by atoms with Crippen molar-refractivity contribution >= 4 is 0 Å².